The third-order valence-electron chi connectivity index (χ3n) is 5.77. The minimum Gasteiger partial charge on any atom is -0.418 e. The number of likely N-dealkylation sites (N-methyl/N-ethyl adjacent to an activating group) is 1. The largest absolute Gasteiger partial charge is 0.418 e. The van der Waals surface area contributed by atoms with E-state index < -0.39 is 11.9 Å². The zero-order chi connectivity index (χ0) is 25.9. The second-order valence-corrected chi connectivity index (χ2v) is 9.14. The van der Waals surface area contributed by atoms with Crippen LogP contribution < -0.4 is 14.8 Å². The van der Waals surface area contributed by atoms with Gasteiger partial charge in [-0.15, -0.1) is 0 Å². The number of carbonyl (C=O) groups is 2. The smallest absolute Gasteiger partial charge is 0.336 e. The average molecular weight is 518 g/mol. The van der Waals surface area contributed by atoms with Gasteiger partial charge in [0.15, 0.2) is 17.1 Å². The molecule has 37 heavy (non-hydrogen) atoms. The van der Waals surface area contributed by atoms with Gasteiger partial charge in [-0.05, 0) is 37.9 Å². The molecule has 0 atom stereocenters. The molecule has 2 aromatic heterocycles. The van der Waals surface area contributed by atoms with Crippen molar-refractivity contribution in [3.63, 3.8) is 0 Å². The summed E-state index contributed by atoms with van der Waals surface area (Å²) < 4.78 is 12.7. The fraction of sp³-hybridized carbons (Fsp3) is 0.185. The highest BCUT2D eigenvalue weighted by Crippen LogP contribution is 2.41. The first-order chi connectivity index (χ1) is 17.9. The molecule has 1 N–H and O–H groups in total. The topological polar surface area (TPSA) is 98.6 Å². The average Bonchev–Trinajstić information content (AvgIpc) is 3.23. The molecule has 3 heterocycles. The van der Waals surface area contributed by atoms with Gasteiger partial charge in [0.2, 0.25) is 0 Å². The van der Waals surface area contributed by atoms with Crippen molar-refractivity contribution < 1.29 is 19.1 Å². The normalized spacial score (nSPS) is 14.1. The number of halogens is 1. The number of hydrogen-bond donors (Lipinski definition) is 1. The fourth-order valence-electron chi connectivity index (χ4n) is 3.95. The zero-order valence-electron chi connectivity index (χ0n) is 20.3. The van der Waals surface area contributed by atoms with Crippen molar-refractivity contribution in [1.29, 1.82) is 0 Å². The molecule has 0 fully saturated rings. The van der Waals surface area contributed by atoms with Crippen molar-refractivity contribution in [3.8, 4) is 22.8 Å². The number of aromatic nitrogens is 3. The van der Waals surface area contributed by atoms with Crippen LogP contribution in [0.1, 0.15) is 5.56 Å². The van der Waals surface area contributed by atoms with Crippen molar-refractivity contribution in [2.75, 3.05) is 32.5 Å². The van der Waals surface area contributed by atoms with Crippen LogP contribution in [-0.2, 0) is 16.1 Å². The Balaban J connectivity index is 1.62. The number of nitrogens with zero attached hydrogens (tertiary/aromatic N) is 4. The van der Waals surface area contributed by atoms with E-state index in [9.17, 15) is 9.59 Å². The predicted octanol–water partition coefficient (Wildman–Crippen LogP) is 4.15. The van der Waals surface area contributed by atoms with Gasteiger partial charge < -0.3 is 19.7 Å². The van der Waals surface area contributed by atoms with E-state index in [0.29, 0.717) is 28.3 Å². The lowest BCUT2D eigenvalue weighted by Crippen LogP contribution is -2.20. The fourth-order valence-corrected chi connectivity index (χ4v) is 4.15. The van der Waals surface area contributed by atoms with Crippen LogP contribution in [-0.4, -0.2) is 58.8 Å². The summed E-state index contributed by atoms with van der Waals surface area (Å²) in [6.45, 7) is 2.03. The van der Waals surface area contributed by atoms with Crippen LogP contribution in [0.25, 0.3) is 22.3 Å². The minimum absolute atomic E-state index is 0.0377. The Bertz CT molecular complexity index is 1510. The summed E-state index contributed by atoms with van der Waals surface area (Å²) in [5, 5.41) is 9.27. The molecule has 0 saturated carbocycles. The summed E-state index contributed by atoms with van der Waals surface area (Å²) in [5.74, 6) is -1.27. The number of fused-ring (bicyclic) bond motifs is 3. The summed E-state index contributed by atoms with van der Waals surface area (Å²) in [7, 11) is 4.04. The van der Waals surface area contributed by atoms with E-state index >= 15 is 0 Å². The zero-order valence-corrected chi connectivity index (χ0v) is 21.0. The maximum absolute atomic E-state index is 12.4. The Morgan fingerprint density at radius 3 is 2.46 bits per heavy atom. The maximum Gasteiger partial charge on any atom is 0.336 e. The second kappa shape index (κ2) is 10.4. The molecule has 0 bridgehead atoms. The van der Waals surface area contributed by atoms with Gasteiger partial charge in [0, 0.05) is 41.5 Å². The second-order valence-electron chi connectivity index (χ2n) is 8.73. The standard InChI is InChI=1S/C27H24ClN5O4/c1-32(2)14-13-29-19-9-7-17(8-10-19)25-24-26-21(36-22(34)11-12-23(35)37-26)15-30-27(24)33(31-25)16-18-5-3-4-6-20(18)28/h3-12,15,29H,13-14,16H2,1-2H3/b12-11+. The van der Waals surface area contributed by atoms with Crippen molar-refractivity contribution in [1.82, 2.24) is 19.7 Å². The number of carbonyl (C=O) groups excluding carboxylic acids is 2. The third-order valence-corrected chi connectivity index (χ3v) is 6.14. The van der Waals surface area contributed by atoms with E-state index in [1.807, 2.05) is 62.6 Å². The monoisotopic (exact) mass is 517 g/mol. The first kappa shape index (κ1) is 24.5. The SMILES string of the molecule is CN(C)CCNc1ccc(-c2nn(Cc3ccccc3Cl)c3ncc4c(c23)OC(=O)/C=C/C(=O)O4)cc1. The van der Waals surface area contributed by atoms with E-state index in [1.165, 1.54) is 6.20 Å². The number of esters is 2. The van der Waals surface area contributed by atoms with E-state index in [1.54, 1.807) is 4.68 Å². The Kier molecular flexibility index (Phi) is 6.89. The summed E-state index contributed by atoms with van der Waals surface area (Å²) in [5.41, 5.74) is 3.57. The van der Waals surface area contributed by atoms with Crippen LogP contribution in [0.15, 0.2) is 66.9 Å². The van der Waals surface area contributed by atoms with E-state index in [-0.39, 0.29) is 11.5 Å². The first-order valence-electron chi connectivity index (χ1n) is 11.6. The quantitative estimate of drug-likeness (QED) is 0.365. The highest BCUT2D eigenvalue weighted by atomic mass is 35.5. The predicted molar refractivity (Wildman–Crippen MR) is 141 cm³/mol. The Hall–Kier alpha value is -4.21. The molecule has 5 rings (SSSR count). The van der Waals surface area contributed by atoms with Gasteiger partial charge >= 0.3 is 11.9 Å². The Morgan fingerprint density at radius 2 is 1.73 bits per heavy atom. The highest BCUT2D eigenvalue weighted by molar-refractivity contribution is 6.31. The first-order valence-corrected chi connectivity index (χ1v) is 12.0. The third kappa shape index (κ3) is 5.32. The molecule has 4 aromatic rings. The van der Waals surface area contributed by atoms with Crippen LogP contribution in [0.2, 0.25) is 5.02 Å². The molecular formula is C27H24ClN5O4. The lowest BCUT2D eigenvalue weighted by Gasteiger charge is -2.13. The summed E-state index contributed by atoms with van der Waals surface area (Å²) >= 11 is 6.41. The highest BCUT2D eigenvalue weighted by Gasteiger charge is 2.26. The number of rotatable bonds is 7. The van der Waals surface area contributed by atoms with Crippen LogP contribution in [0.3, 0.4) is 0 Å². The molecule has 0 unspecified atom stereocenters. The maximum atomic E-state index is 12.4. The summed E-state index contributed by atoms with van der Waals surface area (Å²) in [6, 6.07) is 15.2. The minimum atomic E-state index is -0.698. The molecule has 0 radical (unpaired) electrons. The molecular weight excluding hydrogens is 494 g/mol. The molecule has 188 valence electrons. The summed E-state index contributed by atoms with van der Waals surface area (Å²) in [4.78, 5) is 31.1. The van der Waals surface area contributed by atoms with Gasteiger partial charge in [-0.1, -0.05) is 41.9 Å². The Labute approximate surface area is 218 Å². The number of anilines is 1. The van der Waals surface area contributed by atoms with Crippen LogP contribution in [0.5, 0.6) is 11.5 Å². The van der Waals surface area contributed by atoms with Crippen LogP contribution in [0, 0.1) is 0 Å². The number of nitrogens with one attached hydrogen (secondary N) is 1. The van der Waals surface area contributed by atoms with Crippen LogP contribution >= 0.6 is 11.6 Å². The van der Waals surface area contributed by atoms with E-state index in [4.69, 9.17) is 26.2 Å². The molecule has 0 aliphatic carbocycles. The molecule has 10 heteroatoms. The van der Waals surface area contributed by atoms with Gasteiger partial charge in [0.05, 0.1) is 18.1 Å². The van der Waals surface area contributed by atoms with Gasteiger partial charge in [0.25, 0.3) is 0 Å². The van der Waals surface area contributed by atoms with Crippen molar-refractivity contribution in [2.24, 2.45) is 0 Å². The molecule has 0 amide bonds. The molecule has 0 saturated heterocycles. The lowest BCUT2D eigenvalue weighted by molar-refractivity contribution is -0.133. The molecule has 1 aliphatic rings. The number of pyridine rings is 1. The van der Waals surface area contributed by atoms with Gasteiger partial charge in [-0.3, -0.25) is 0 Å². The van der Waals surface area contributed by atoms with Crippen molar-refractivity contribution >= 4 is 40.3 Å². The molecule has 0 spiro atoms. The number of benzene rings is 2. The van der Waals surface area contributed by atoms with Gasteiger partial charge in [0.1, 0.15) is 5.69 Å². The van der Waals surface area contributed by atoms with E-state index in [2.05, 4.69) is 15.2 Å². The summed E-state index contributed by atoms with van der Waals surface area (Å²) in [6.07, 6.45) is 3.40. The number of ether oxygens (including phenoxy) is 2. The van der Waals surface area contributed by atoms with Gasteiger partial charge in [-0.25, -0.2) is 19.3 Å². The lowest BCUT2D eigenvalue weighted by atomic mass is 10.1. The van der Waals surface area contributed by atoms with Crippen molar-refractivity contribution in [2.45, 2.75) is 6.54 Å². The van der Waals surface area contributed by atoms with E-state index in [0.717, 1.165) is 42.1 Å². The Morgan fingerprint density at radius 1 is 1.00 bits per heavy atom. The molecule has 9 nitrogen and oxygen atoms in total. The van der Waals surface area contributed by atoms with Gasteiger partial charge in [-0.2, -0.15) is 5.10 Å². The molecule has 1 aliphatic heterocycles. The van der Waals surface area contributed by atoms with Crippen molar-refractivity contribution in [3.05, 3.63) is 77.5 Å². The number of hydrogen-bond acceptors (Lipinski definition) is 8. The molecule has 2 aromatic carbocycles. The van der Waals surface area contributed by atoms with Crippen LogP contribution in [0.4, 0.5) is 5.69 Å².